The Bertz CT molecular complexity index is 1220. The highest BCUT2D eigenvalue weighted by atomic mass is 16.5. The molecule has 2 aromatic carbocycles. The lowest BCUT2D eigenvalue weighted by Crippen LogP contribution is -2.30. The molecule has 1 fully saturated rings. The van der Waals surface area contributed by atoms with E-state index in [1.807, 2.05) is 43.3 Å². The van der Waals surface area contributed by atoms with Crippen molar-refractivity contribution in [1.29, 1.82) is 0 Å². The predicted molar refractivity (Wildman–Crippen MR) is 135 cm³/mol. The van der Waals surface area contributed by atoms with Gasteiger partial charge < -0.3 is 14.7 Å². The van der Waals surface area contributed by atoms with Gasteiger partial charge in [0, 0.05) is 24.5 Å². The summed E-state index contributed by atoms with van der Waals surface area (Å²) < 4.78 is 5.95. The van der Waals surface area contributed by atoms with Gasteiger partial charge in [0.1, 0.15) is 18.1 Å². The summed E-state index contributed by atoms with van der Waals surface area (Å²) in [5, 5.41) is 11.3. The van der Waals surface area contributed by atoms with E-state index in [9.17, 15) is 14.7 Å². The number of likely N-dealkylation sites (tertiary alicyclic amines) is 1. The number of aliphatic hydroxyl groups excluding tert-OH is 1. The molecule has 0 radical (unpaired) electrons. The van der Waals surface area contributed by atoms with E-state index < -0.39 is 17.7 Å². The Morgan fingerprint density at radius 3 is 2.54 bits per heavy atom. The summed E-state index contributed by atoms with van der Waals surface area (Å²) in [6.45, 7) is 4.85. The normalized spacial score (nSPS) is 17.1. The van der Waals surface area contributed by atoms with Crippen LogP contribution < -0.4 is 4.74 Å². The average Bonchev–Trinajstić information content (AvgIpc) is 3.14. The molecule has 1 N–H and O–H groups in total. The number of amides is 1. The maximum absolute atomic E-state index is 13.1. The zero-order valence-electron chi connectivity index (χ0n) is 20.1. The molecule has 180 valence electrons. The van der Waals surface area contributed by atoms with Crippen molar-refractivity contribution in [2.45, 2.75) is 45.8 Å². The number of ketones is 1. The minimum Gasteiger partial charge on any atom is -0.507 e. The fourth-order valence-corrected chi connectivity index (χ4v) is 4.38. The minimum absolute atomic E-state index is 0.0943. The summed E-state index contributed by atoms with van der Waals surface area (Å²) in [6.07, 6.45) is 6.02. The molecular weight excluding hydrogens is 440 g/mol. The van der Waals surface area contributed by atoms with Crippen molar-refractivity contribution in [2.24, 2.45) is 0 Å². The highest BCUT2D eigenvalue weighted by Gasteiger charge is 2.45. The molecule has 1 atom stereocenters. The van der Waals surface area contributed by atoms with E-state index in [1.54, 1.807) is 41.6 Å². The van der Waals surface area contributed by atoms with Gasteiger partial charge in [-0.05, 0) is 54.3 Å². The Labute approximate surface area is 205 Å². The van der Waals surface area contributed by atoms with Crippen LogP contribution in [-0.4, -0.2) is 33.2 Å². The van der Waals surface area contributed by atoms with Crippen molar-refractivity contribution in [3.05, 3.63) is 101 Å². The molecule has 2 heterocycles. The number of unbranched alkanes of at least 4 members (excludes halogenated alkanes) is 2. The van der Waals surface area contributed by atoms with Crippen LogP contribution in [0.5, 0.6) is 5.75 Å². The quantitative estimate of drug-likeness (QED) is 0.191. The van der Waals surface area contributed by atoms with Crippen LogP contribution in [0.1, 0.15) is 54.5 Å². The number of rotatable bonds is 9. The van der Waals surface area contributed by atoms with Crippen molar-refractivity contribution in [3.8, 4) is 5.75 Å². The van der Waals surface area contributed by atoms with Crippen LogP contribution in [0.2, 0.25) is 0 Å². The fraction of sp³-hybridized carbons (Fsp3) is 0.276. The molecule has 0 saturated carbocycles. The maximum atomic E-state index is 13.1. The second-order valence-electron chi connectivity index (χ2n) is 8.74. The number of benzene rings is 2. The van der Waals surface area contributed by atoms with Gasteiger partial charge in [-0.1, -0.05) is 56.2 Å². The molecule has 6 heteroatoms. The van der Waals surface area contributed by atoms with Crippen LogP contribution in [-0.2, 0) is 16.2 Å². The van der Waals surface area contributed by atoms with E-state index in [2.05, 4.69) is 11.9 Å². The molecule has 1 amide bonds. The zero-order chi connectivity index (χ0) is 24.8. The van der Waals surface area contributed by atoms with Gasteiger partial charge in [0.15, 0.2) is 0 Å². The molecule has 0 bridgehead atoms. The lowest BCUT2D eigenvalue weighted by Gasteiger charge is -2.25. The molecule has 1 aliphatic heterocycles. The molecule has 6 nitrogen and oxygen atoms in total. The summed E-state index contributed by atoms with van der Waals surface area (Å²) >= 11 is 0. The van der Waals surface area contributed by atoms with Gasteiger partial charge in [-0.3, -0.25) is 14.6 Å². The Balaban J connectivity index is 1.66. The van der Waals surface area contributed by atoms with Crippen LogP contribution in [0.3, 0.4) is 0 Å². The number of aromatic nitrogens is 1. The number of carbonyl (C=O) groups excluding carboxylic acids is 2. The number of hydrogen-bond acceptors (Lipinski definition) is 5. The molecule has 1 unspecified atom stereocenters. The number of aliphatic hydroxyl groups is 1. The van der Waals surface area contributed by atoms with E-state index in [-0.39, 0.29) is 11.3 Å². The fourth-order valence-electron chi connectivity index (χ4n) is 4.38. The summed E-state index contributed by atoms with van der Waals surface area (Å²) in [4.78, 5) is 31.8. The highest BCUT2D eigenvalue weighted by molar-refractivity contribution is 6.46. The van der Waals surface area contributed by atoms with Gasteiger partial charge >= 0.3 is 0 Å². The highest BCUT2D eigenvalue weighted by Crippen LogP contribution is 2.39. The molecule has 0 spiro atoms. The molecule has 35 heavy (non-hydrogen) atoms. The van der Waals surface area contributed by atoms with Gasteiger partial charge in [-0.15, -0.1) is 0 Å². The minimum atomic E-state index is -0.671. The van der Waals surface area contributed by atoms with E-state index in [0.717, 1.165) is 30.4 Å². The second kappa shape index (κ2) is 11.0. The molecule has 1 aliphatic rings. The van der Waals surface area contributed by atoms with E-state index >= 15 is 0 Å². The summed E-state index contributed by atoms with van der Waals surface area (Å²) in [5.41, 5.74) is 3.13. The third kappa shape index (κ3) is 5.27. The number of pyridine rings is 1. The molecule has 1 aromatic heterocycles. The monoisotopic (exact) mass is 470 g/mol. The summed E-state index contributed by atoms with van der Waals surface area (Å²) in [5.74, 6) is -0.756. The first-order chi connectivity index (χ1) is 17.0. The Kier molecular flexibility index (Phi) is 7.60. The third-order valence-electron chi connectivity index (χ3n) is 6.23. The van der Waals surface area contributed by atoms with E-state index in [4.69, 9.17) is 4.74 Å². The second-order valence-corrected chi connectivity index (χ2v) is 8.74. The molecular formula is C29H30N2O4. The number of ether oxygens (including phenoxy) is 1. The van der Waals surface area contributed by atoms with Crippen molar-refractivity contribution in [2.75, 3.05) is 6.54 Å². The average molecular weight is 471 g/mol. The molecule has 1 saturated heterocycles. The summed E-state index contributed by atoms with van der Waals surface area (Å²) in [6, 6.07) is 18.1. The number of aryl methyl sites for hydroxylation is 1. The van der Waals surface area contributed by atoms with Crippen molar-refractivity contribution < 1.29 is 19.4 Å². The Hall–Kier alpha value is -3.93. The SMILES string of the molecule is CCCCCN1C(=O)C(=O)/C(=C(\O)c2ccc(OCc3ccccc3)c(C)c2)C1c1cccnc1. The maximum Gasteiger partial charge on any atom is 0.295 e. The van der Waals surface area contributed by atoms with Crippen molar-refractivity contribution in [3.63, 3.8) is 0 Å². The van der Waals surface area contributed by atoms with Gasteiger partial charge in [0.05, 0.1) is 11.6 Å². The largest absolute Gasteiger partial charge is 0.507 e. The summed E-state index contributed by atoms with van der Waals surface area (Å²) in [7, 11) is 0. The van der Waals surface area contributed by atoms with Crippen LogP contribution in [0.4, 0.5) is 0 Å². The predicted octanol–water partition coefficient (Wildman–Crippen LogP) is 5.58. The Morgan fingerprint density at radius 2 is 1.86 bits per heavy atom. The van der Waals surface area contributed by atoms with Gasteiger partial charge in [-0.2, -0.15) is 0 Å². The first-order valence-electron chi connectivity index (χ1n) is 12.0. The van der Waals surface area contributed by atoms with E-state index in [1.165, 1.54) is 0 Å². The first-order valence-corrected chi connectivity index (χ1v) is 12.0. The zero-order valence-corrected chi connectivity index (χ0v) is 20.1. The first kappa shape index (κ1) is 24.2. The standard InChI is InChI=1S/C29H30N2O4/c1-3-4-8-16-31-26(23-12-9-15-30-18-23)25(28(33)29(31)34)27(32)22-13-14-24(20(2)17-22)35-19-21-10-6-5-7-11-21/h5-7,9-15,17-18,26,32H,3-4,8,16,19H2,1-2H3/b27-25-. The molecule has 4 rings (SSSR count). The lowest BCUT2D eigenvalue weighted by atomic mass is 9.95. The van der Waals surface area contributed by atoms with Crippen LogP contribution >= 0.6 is 0 Å². The number of Topliss-reactive ketones (excluding diaryl/α,β-unsaturated/α-hetero) is 1. The lowest BCUT2D eigenvalue weighted by molar-refractivity contribution is -0.139. The topological polar surface area (TPSA) is 79.7 Å². The van der Waals surface area contributed by atoms with Crippen molar-refractivity contribution in [1.82, 2.24) is 9.88 Å². The number of hydrogen-bond donors (Lipinski definition) is 1. The van der Waals surface area contributed by atoms with Crippen LogP contribution in [0.25, 0.3) is 5.76 Å². The number of nitrogens with zero attached hydrogens (tertiary/aromatic N) is 2. The van der Waals surface area contributed by atoms with E-state index in [0.29, 0.717) is 30.0 Å². The van der Waals surface area contributed by atoms with Gasteiger partial charge in [0.2, 0.25) is 0 Å². The smallest absolute Gasteiger partial charge is 0.295 e. The molecule has 3 aromatic rings. The van der Waals surface area contributed by atoms with Gasteiger partial charge in [0.25, 0.3) is 11.7 Å². The van der Waals surface area contributed by atoms with Gasteiger partial charge in [-0.25, -0.2) is 0 Å². The Morgan fingerprint density at radius 1 is 1.06 bits per heavy atom. The van der Waals surface area contributed by atoms with Crippen LogP contribution in [0.15, 0.2) is 78.6 Å². The van der Waals surface area contributed by atoms with Crippen LogP contribution in [0, 0.1) is 6.92 Å². The number of carbonyl (C=O) groups is 2. The molecule has 0 aliphatic carbocycles. The third-order valence-corrected chi connectivity index (χ3v) is 6.23. The van der Waals surface area contributed by atoms with Crippen molar-refractivity contribution >= 4 is 17.4 Å².